The van der Waals surface area contributed by atoms with E-state index in [9.17, 15) is 9.59 Å². The van der Waals surface area contributed by atoms with Crippen LogP contribution < -0.4 is 5.73 Å². The molecule has 2 N–H and O–H groups in total. The summed E-state index contributed by atoms with van der Waals surface area (Å²) in [6.07, 6.45) is 1.59. The van der Waals surface area contributed by atoms with Crippen molar-refractivity contribution in [1.82, 2.24) is 4.90 Å². The summed E-state index contributed by atoms with van der Waals surface area (Å²) >= 11 is 0. The van der Waals surface area contributed by atoms with Crippen LogP contribution in [0.1, 0.15) is 21.7 Å². The minimum absolute atomic E-state index is 0.154. The molecule has 0 aliphatic heterocycles. The minimum Gasteiger partial charge on any atom is -0.461 e. The van der Waals surface area contributed by atoms with Crippen LogP contribution in [0.25, 0.3) is 22.1 Å². The quantitative estimate of drug-likeness (QED) is 0.577. The number of carbonyl (C=O) groups is 1. The molecular weight excluding hydrogens is 328 g/mol. The van der Waals surface area contributed by atoms with Crippen molar-refractivity contribution in [2.45, 2.75) is 13.3 Å². The van der Waals surface area contributed by atoms with Gasteiger partial charge in [-0.15, -0.1) is 0 Å². The zero-order valence-corrected chi connectivity index (χ0v) is 15.0. The molecule has 0 unspecified atom stereocenters. The Balaban J connectivity index is 2.17. The van der Waals surface area contributed by atoms with Crippen LogP contribution in [-0.4, -0.2) is 30.8 Å². The van der Waals surface area contributed by atoms with Crippen molar-refractivity contribution in [2.75, 3.05) is 19.8 Å². The second-order valence-corrected chi connectivity index (χ2v) is 6.39. The highest BCUT2D eigenvalue weighted by Gasteiger charge is 2.18. The number of benzene rings is 2. The molecule has 1 amide bonds. The largest absolute Gasteiger partial charge is 0.461 e. The Morgan fingerprint density at radius 2 is 2.00 bits per heavy atom. The number of hydrogen-bond acceptors (Lipinski definition) is 4. The Kier molecular flexibility index (Phi) is 4.65. The predicted molar refractivity (Wildman–Crippen MR) is 103 cm³/mol. The van der Waals surface area contributed by atoms with Gasteiger partial charge >= 0.3 is 0 Å². The van der Waals surface area contributed by atoms with Crippen molar-refractivity contribution in [3.63, 3.8) is 0 Å². The van der Waals surface area contributed by atoms with Gasteiger partial charge in [-0.3, -0.25) is 4.79 Å². The fraction of sp³-hybridized carbons (Fsp3) is 0.190. The van der Waals surface area contributed by atoms with Crippen LogP contribution in [0.5, 0.6) is 0 Å². The minimum atomic E-state index is -0.154. The molecule has 0 bridgehead atoms. The number of aryl methyl sites for hydroxylation is 1. The maximum atomic E-state index is 12.5. The van der Waals surface area contributed by atoms with Crippen molar-refractivity contribution in [3.8, 4) is 11.1 Å². The van der Waals surface area contributed by atoms with Crippen molar-refractivity contribution in [1.29, 1.82) is 0 Å². The Hall–Kier alpha value is -3.30. The smallest absolute Gasteiger partial charge is 0.253 e. The topological polar surface area (TPSA) is 76.5 Å². The van der Waals surface area contributed by atoms with Gasteiger partial charge in [0.25, 0.3) is 5.91 Å². The van der Waals surface area contributed by atoms with Crippen molar-refractivity contribution in [3.05, 3.63) is 59.4 Å². The van der Waals surface area contributed by atoms with Crippen molar-refractivity contribution < 1.29 is 14.0 Å². The molecule has 0 spiro atoms. The predicted octanol–water partition coefficient (Wildman–Crippen LogP) is 3.62. The molecular formula is C21H20N2O3. The lowest BCUT2D eigenvalue weighted by atomic mass is 9.93. The van der Waals surface area contributed by atoms with Gasteiger partial charge in [-0.1, -0.05) is 12.1 Å². The number of nitrogen functional groups attached to an aromatic ring is 1. The molecule has 132 valence electrons. The number of hydrogen-bond donors (Lipinski definition) is 1. The van der Waals surface area contributed by atoms with E-state index < -0.39 is 0 Å². The fourth-order valence-electron chi connectivity index (χ4n) is 3.06. The van der Waals surface area contributed by atoms with E-state index in [0.717, 1.165) is 27.9 Å². The highest BCUT2D eigenvalue weighted by Crippen LogP contribution is 2.34. The highest BCUT2D eigenvalue weighted by molar-refractivity contribution is 5.99. The van der Waals surface area contributed by atoms with E-state index >= 15 is 0 Å². The number of furan rings is 1. The normalized spacial score (nSPS) is 10.6. The second-order valence-electron chi connectivity index (χ2n) is 6.39. The van der Waals surface area contributed by atoms with Gasteiger partial charge in [0.05, 0.1) is 0 Å². The van der Waals surface area contributed by atoms with E-state index in [1.54, 1.807) is 26.1 Å². The first kappa shape index (κ1) is 17.5. The Morgan fingerprint density at radius 1 is 1.23 bits per heavy atom. The van der Waals surface area contributed by atoms with E-state index in [-0.39, 0.29) is 12.3 Å². The van der Waals surface area contributed by atoms with E-state index in [0.29, 0.717) is 16.8 Å². The molecule has 2 aromatic carbocycles. The van der Waals surface area contributed by atoms with Crippen LogP contribution in [0.15, 0.2) is 46.9 Å². The molecule has 0 atom stereocenters. The lowest BCUT2D eigenvalue weighted by Gasteiger charge is -2.17. The number of anilines is 1. The van der Waals surface area contributed by atoms with Gasteiger partial charge in [-0.25, -0.2) is 4.79 Å². The lowest BCUT2D eigenvalue weighted by Crippen LogP contribution is -2.23. The van der Waals surface area contributed by atoms with Crippen LogP contribution >= 0.6 is 0 Å². The Bertz CT molecular complexity index is 1040. The van der Waals surface area contributed by atoms with Crippen molar-refractivity contribution >= 4 is 28.5 Å². The molecule has 5 heteroatoms. The van der Waals surface area contributed by atoms with Crippen LogP contribution in [-0.2, 0) is 11.2 Å². The summed E-state index contributed by atoms with van der Waals surface area (Å²) in [5.41, 5.74) is 10.6. The molecule has 0 saturated carbocycles. The van der Waals surface area contributed by atoms with E-state index in [4.69, 9.17) is 10.2 Å². The third-order valence-corrected chi connectivity index (χ3v) is 4.33. The summed E-state index contributed by atoms with van der Waals surface area (Å²) in [5.74, 6) is 2.44. The lowest BCUT2D eigenvalue weighted by molar-refractivity contribution is 0.0827. The number of fused-ring (bicyclic) bond motifs is 1. The molecule has 0 aliphatic carbocycles. The van der Waals surface area contributed by atoms with E-state index in [1.807, 2.05) is 37.3 Å². The Morgan fingerprint density at radius 3 is 2.69 bits per heavy atom. The fourth-order valence-corrected chi connectivity index (χ4v) is 3.06. The molecule has 0 saturated heterocycles. The van der Waals surface area contributed by atoms with E-state index in [1.165, 1.54) is 11.0 Å². The van der Waals surface area contributed by atoms with Crippen LogP contribution in [0.2, 0.25) is 0 Å². The first-order chi connectivity index (χ1) is 12.4. The summed E-state index contributed by atoms with van der Waals surface area (Å²) in [6, 6.07) is 11.4. The monoisotopic (exact) mass is 348 g/mol. The molecule has 0 aliphatic rings. The maximum absolute atomic E-state index is 12.5. The van der Waals surface area contributed by atoms with Gasteiger partial charge < -0.3 is 15.1 Å². The summed E-state index contributed by atoms with van der Waals surface area (Å²) in [6.45, 7) is 1.90. The summed E-state index contributed by atoms with van der Waals surface area (Å²) in [7, 11) is 3.36. The number of amides is 1. The summed E-state index contributed by atoms with van der Waals surface area (Å²) in [5, 5.41) is 0.988. The first-order valence-electron chi connectivity index (χ1n) is 8.25. The van der Waals surface area contributed by atoms with Gasteiger partial charge in [0.2, 0.25) is 0 Å². The highest BCUT2D eigenvalue weighted by atomic mass is 16.3. The first-order valence-corrected chi connectivity index (χ1v) is 8.25. The van der Waals surface area contributed by atoms with Gasteiger partial charge in [0.15, 0.2) is 0 Å². The van der Waals surface area contributed by atoms with Gasteiger partial charge in [-0.05, 0) is 42.3 Å². The maximum Gasteiger partial charge on any atom is 0.253 e. The van der Waals surface area contributed by atoms with Crippen LogP contribution in [0, 0.1) is 6.92 Å². The van der Waals surface area contributed by atoms with Gasteiger partial charge in [0, 0.05) is 48.8 Å². The molecule has 3 aromatic rings. The number of carbonyl (C=O) groups excluding carboxylic acids is 2. The summed E-state index contributed by atoms with van der Waals surface area (Å²) in [4.78, 5) is 24.6. The third kappa shape index (κ3) is 3.13. The SMILES string of the molecule is Cc1cc2cc(-c3ccc(C(=O)N(C)C)c(CC=C=O)c3N)ccc2o1. The molecule has 1 heterocycles. The molecule has 3 rings (SSSR count). The van der Waals surface area contributed by atoms with E-state index in [2.05, 4.69) is 0 Å². The zero-order valence-electron chi connectivity index (χ0n) is 15.0. The number of rotatable bonds is 4. The van der Waals surface area contributed by atoms with Gasteiger partial charge in [-0.2, -0.15) is 0 Å². The summed E-state index contributed by atoms with van der Waals surface area (Å²) < 4.78 is 5.61. The number of nitrogens with zero attached hydrogens (tertiary/aromatic N) is 1. The average Bonchev–Trinajstić information content (AvgIpc) is 2.98. The number of nitrogens with two attached hydrogens (primary N) is 1. The van der Waals surface area contributed by atoms with Crippen LogP contribution in [0.3, 0.4) is 0 Å². The molecule has 5 nitrogen and oxygen atoms in total. The second kappa shape index (κ2) is 6.90. The van der Waals surface area contributed by atoms with Gasteiger partial charge in [0.1, 0.15) is 17.3 Å². The molecule has 1 aromatic heterocycles. The molecule has 0 radical (unpaired) electrons. The zero-order chi connectivity index (χ0) is 18.8. The standard InChI is InChI=1S/C21H20N2O3/c1-13-11-15-12-14(6-9-19(15)26-13)16-7-8-18(21(25)23(2)3)17(20(16)22)5-4-10-24/h4,6-9,11-12H,5,22H2,1-3H3. The molecule has 0 fully saturated rings. The third-order valence-electron chi connectivity index (χ3n) is 4.33. The van der Waals surface area contributed by atoms with Crippen LogP contribution in [0.4, 0.5) is 5.69 Å². The molecule has 26 heavy (non-hydrogen) atoms. The number of allylic oxidation sites excluding steroid dienone is 1. The average molecular weight is 348 g/mol. The Labute approximate surface area is 151 Å². The van der Waals surface area contributed by atoms with Crippen molar-refractivity contribution in [2.24, 2.45) is 0 Å².